The summed E-state index contributed by atoms with van der Waals surface area (Å²) in [5.74, 6) is 0. The topological polar surface area (TPSA) is 59.4 Å². The summed E-state index contributed by atoms with van der Waals surface area (Å²) < 4.78 is 7.13. The largest absolute Gasteiger partial charge is 0.444 e. The van der Waals surface area contributed by atoms with E-state index in [1.165, 1.54) is 5.56 Å². The lowest BCUT2D eigenvalue weighted by Crippen LogP contribution is -2.38. The van der Waals surface area contributed by atoms with Crippen molar-refractivity contribution in [1.29, 1.82) is 0 Å². The van der Waals surface area contributed by atoms with Gasteiger partial charge in [0.05, 0.1) is 5.69 Å². The first-order valence-electron chi connectivity index (χ1n) is 7.28. The molecule has 0 radical (unpaired) electrons. The molecule has 1 N–H and O–H groups in total. The SMILES string of the molecule is Cc1nn(C)cc1C(C)NCCN(C)C(=O)OC(C)(C)C. The standard InChI is InChI=1S/C15H28N4O2/c1-11(13-10-19(7)17-12(13)2)16-8-9-18(6)14(20)21-15(3,4)5/h10-11,16H,8-9H2,1-7H3. The minimum absolute atomic E-state index is 0.200. The number of aryl methyl sites for hydroxylation is 2. The zero-order valence-corrected chi connectivity index (χ0v) is 14.2. The minimum atomic E-state index is -0.459. The van der Waals surface area contributed by atoms with Crippen LogP contribution < -0.4 is 5.32 Å². The van der Waals surface area contributed by atoms with Gasteiger partial charge in [-0.3, -0.25) is 4.68 Å². The summed E-state index contributed by atoms with van der Waals surface area (Å²) in [5.41, 5.74) is 1.74. The number of carbonyl (C=O) groups is 1. The maximum atomic E-state index is 11.8. The molecule has 1 atom stereocenters. The number of hydrogen-bond acceptors (Lipinski definition) is 4. The Balaban J connectivity index is 2.39. The van der Waals surface area contributed by atoms with Gasteiger partial charge in [-0.1, -0.05) is 0 Å². The van der Waals surface area contributed by atoms with E-state index in [9.17, 15) is 4.79 Å². The van der Waals surface area contributed by atoms with Crippen molar-refractivity contribution in [2.75, 3.05) is 20.1 Å². The van der Waals surface area contributed by atoms with Crippen LogP contribution in [0.2, 0.25) is 0 Å². The predicted molar refractivity (Wildman–Crippen MR) is 83.2 cm³/mol. The molecule has 0 spiro atoms. The molecule has 0 aliphatic rings. The molecule has 6 nitrogen and oxygen atoms in total. The van der Waals surface area contributed by atoms with Gasteiger partial charge >= 0.3 is 6.09 Å². The van der Waals surface area contributed by atoms with Gasteiger partial charge in [-0.25, -0.2) is 4.79 Å². The highest BCUT2D eigenvalue weighted by Crippen LogP contribution is 2.15. The number of amides is 1. The van der Waals surface area contributed by atoms with E-state index in [-0.39, 0.29) is 12.1 Å². The first-order valence-corrected chi connectivity index (χ1v) is 7.28. The van der Waals surface area contributed by atoms with Crippen LogP contribution in [0.4, 0.5) is 4.79 Å². The molecule has 1 aromatic rings. The lowest BCUT2D eigenvalue weighted by Gasteiger charge is -2.25. The lowest BCUT2D eigenvalue weighted by atomic mass is 10.1. The maximum absolute atomic E-state index is 11.8. The van der Waals surface area contributed by atoms with Crippen LogP contribution >= 0.6 is 0 Å². The number of ether oxygens (including phenoxy) is 1. The van der Waals surface area contributed by atoms with E-state index in [0.29, 0.717) is 13.1 Å². The normalized spacial score (nSPS) is 13.1. The average Bonchev–Trinajstić information content (AvgIpc) is 2.66. The van der Waals surface area contributed by atoms with E-state index < -0.39 is 5.60 Å². The number of nitrogens with zero attached hydrogens (tertiary/aromatic N) is 3. The second-order valence-electron chi connectivity index (χ2n) is 6.42. The maximum Gasteiger partial charge on any atom is 0.410 e. The molecule has 1 aromatic heterocycles. The third-order valence-electron chi connectivity index (χ3n) is 3.12. The van der Waals surface area contributed by atoms with Gasteiger partial charge < -0.3 is 15.0 Å². The van der Waals surface area contributed by atoms with Crippen LogP contribution in [-0.2, 0) is 11.8 Å². The van der Waals surface area contributed by atoms with Gasteiger partial charge in [0.1, 0.15) is 5.60 Å². The molecule has 0 aromatic carbocycles. The highest BCUT2D eigenvalue weighted by Gasteiger charge is 2.19. The van der Waals surface area contributed by atoms with Crippen LogP contribution in [0.25, 0.3) is 0 Å². The van der Waals surface area contributed by atoms with Crippen LogP contribution in [0.15, 0.2) is 6.20 Å². The van der Waals surface area contributed by atoms with Crippen LogP contribution in [-0.4, -0.2) is 46.5 Å². The summed E-state index contributed by atoms with van der Waals surface area (Å²) in [5, 5.41) is 7.73. The van der Waals surface area contributed by atoms with Gasteiger partial charge in [0, 0.05) is 45.0 Å². The van der Waals surface area contributed by atoms with Gasteiger partial charge in [0.15, 0.2) is 0 Å². The van der Waals surface area contributed by atoms with Gasteiger partial charge in [-0.05, 0) is 34.6 Å². The summed E-state index contributed by atoms with van der Waals surface area (Å²) >= 11 is 0. The van der Waals surface area contributed by atoms with Crippen LogP contribution in [0, 0.1) is 6.92 Å². The summed E-state index contributed by atoms with van der Waals surface area (Å²) in [6, 6.07) is 0.200. The molecular formula is C15H28N4O2. The van der Waals surface area contributed by atoms with E-state index in [1.54, 1.807) is 11.9 Å². The monoisotopic (exact) mass is 296 g/mol. The molecule has 0 bridgehead atoms. The van der Waals surface area contributed by atoms with Crippen LogP contribution in [0.5, 0.6) is 0 Å². The number of nitrogens with one attached hydrogen (secondary N) is 1. The fourth-order valence-electron chi connectivity index (χ4n) is 2.03. The van der Waals surface area contributed by atoms with E-state index >= 15 is 0 Å². The molecule has 1 heterocycles. The molecule has 6 heteroatoms. The number of hydrogen-bond donors (Lipinski definition) is 1. The molecule has 0 saturated heterocycles. The van der Waals surface area contributed by atoms with Crippen molar-refractivity contribution in [3.63, 3.8) is 0 Å². The van der Waals surface area contributed by atoms with E-state index in [1.807, 2.05) is 45.6 Å². The van der Waals surface area contributed by atoms with Crippen molar-refractivity contribution in [3.05, 3.63) is 17.5 Å². The van der Waals surface area contributed by atoms with Crippen molar-refractivity contribution >= 4 is 6.09 Å². The minimum Gasteiger partial charge on any atom is -0.444 e. The first kappa shape index (κ1) is 17.5. The van der Waals surface area contributed by atoms with Gasteiger partial charge in [-0.2, -0.15) is 5.10 Å². The first-order chi connectivity index (χ1) is 9.60. The molecule has 0 saturated carbocycles. The summed E-state index contributed by atoms with van der Waals surface area (Å²) in [4.78, 5) is 13.4. The smallest absolute Gasteiger partial charge is 0.410 e. The molecule has 120 valence electrons. The highest BCUT2D eigenvalue weighted by molar-refractivity contribution is 5.67. The van der Waals surface area contributed by atoms with E-state index in [0.717, 1.165) is 5.69 Å². The average molecular weight is 296 g/mol. The third-order valence-corrected chi connectivity index (χ3v) is 3.12. The van der Waals surface area contributed by atoms with E-state index in [4.69, 9.17) is 4.74 Å². The molecular weight excluding hydrogens is 268 g/mol. The zero-order valence-electron chi connectivity index (χ0n) is 14.2. The third kappa shape index (κ3) is 5.75. The van der Waals surface area contributed by atoms with Crippen LogP contribution in [0.1, 0.15) is 45.0 Å². The number of rotatable bonds is 5. The second kappa shape index (κ2) is 6.93. The van der Waals surface area contributed by atoms with Crippen molar-refractivity contribution in [2.24, 2.45) is 7.05 Å². The zero-order chi connectivity index (χ0) is 16.2. The number of aromatic nitrogens is 2. The van der Waals surface area contributed by atoms with Crippen molar-refractivity contribution in [2.45, 2.75) is 46.3 Å². The Labute approximate surface area is 127 Å². The number of carbonyl (C=O) groups excluding carboxylic acids is 1. The molecule has 1 rings (SSSR count). The van der Waals surface area contributed by atoms with Gasteiger partial charge in [-0.15, -0.1) is 0 Å². The van der Waals surface area contributed by atoms with Crippen molar-refractivity contribution < 1.29 is 9.53 Å². The Kier molecular flexibility index (Phi) is 5.78. The summed E-state index contributed by atoms with van der Waals surface area (Å²) in [6.45, 7) is 11.0. The molecule has 1 unspecified atom stereocenters. The second-order valence-corrected chi connectivity index (χ2v) is 6.42. The molecule has 0 aliphatic heterocycles. The van der Waals surface area contributed by atoms with Gasteiger partial charge in [0.25, 0.3) is 0 Å². The number of likely N-dealkylation sites (N-methyl/N-ethyl adjacent to an activating group) is 1. The van der Waals surface area contributed by atoms with Crippen molar-refractivity contribution in [1.82, 2.24) is 20.0 Å². The van der Waals surface area contributed by atoms with Crippen LogP contribution in [0.3, 0.4) is 0 Å². The fourth-order valence-corrected chi connectivity index (χ4v) is 2.03. The Hall–Kier alpha value is -1.56. The summed E-state index contributed by atoms with van der Waals surface area (Å²) in [7, 11) is 3.66. The Morgan fingerprint density at radius 2 is 2.14 bits per heavy atom. The molecule has 0 fully saturated rings. The Bertz CT molecular complexity index is 477. The highest BCUT2D eigenvalue weighted by atomic mass is 16.6. The predicted octanol–water partition coefficient (Wildman–Crippen LogP) is 2.25. The van der Waals surface area contributed by atoms with Gasteiger partial charge in [0.2, 0.25) is 0 Å². The lowest BCUT2D eigenvalue weighted by molar-refractivity contribution is 0.0299. The Morgan fingerprint density at radius 3 is 2.62 bits per heavy atom. The Morgan fingerprint density at radius 1 is 1.52 bits per heavy atom. The molecule has 1 amide bonds. The van der Waals surface area contributed by atoms with Crippen molar-refractivity contribution in [3.8, 4) is 0 Å². The quantitative estimate of drug-likeness (QED) is 0.905. The van der Waals surface area contributed by atoms with E-state index in [2.05, 4.69) is 17.3 Å². The fraction of sp³-hybridized carbons (Fsp3) is 0.733. The molecule has 0 aliphatic carbocycles. The summed E-state index contributed by atoms with van der Waals surface area (Å²) in [6.07, 6.45) is 1.72. The molecule has 21 heavy (non-hydrogen) atoms.